The smallest absolute Gasteiger partial charge is 0.161 e. The van der Waals surface area contributed by atoms with Crippen molar-refractivity contribution in [1.29, 1.82) is 0 Å². The van der Waals surface area contributed by atoms with Crippen LogP contribution in [0.15, 0.2) is 18.2 Å². The molecule has 0 saturated carbocycles. The fraction of sp³-hybridized carbons (Fsp3) is 0.632. The summed E-state index contributed by atoms with van der Waals surface area (Å²) in [6.45, 7) is 6.46. The predicted molar refractivity (Wildman–Crippen MR) is 91.8 cm³/mol. The van der Waals surface area contributed by atoms with Crippen LogP contribution in [-0.4, -0.2) is 29.2 Å². The highest BCUT2D eigenvalue weighted by atomic mass is 16.5. The Morgan fingerprint density at radius 2 is 1.91 bits per heavy atom. The molecule has 0 bridgehead atoms. The van der Waals surface area contributed by atoms with Gasteiger partial charge in [-0.25, -0.2) is 0 Å². The molecule has 4 heteroatoms. The lowest BCUT2D eigenvalue weighted by molar-refractivity contribution is -0.127. The third-order valence-electron chi connectivity index (χ3n) is 4.07. The molecule has 1 aromatic carbocycles. The average Bonchev–Trinajstić information content (AvgIpc) is 2.48. The monoisotopic (exact) mass is 322 g/mol. The van der Waals surface area contributed by atoms with Gasteiger partial charge in [0.25, 0.3) is 0 Å². The van der Waals surface area contributed by atoms with E-state index in [-0.39, 0.29) is 18.0 Å². The van der Waals surface area contributed by atoms with Crippen molar-refractivity contribution in [3.8, 4) is 11.5 Å². The summed E-state index contributed by atoms with van der Waals surface area (Å²) in [6.07, 6.45) is 2.97. The lowest BCUT2D eigenvalue weighted by Crippen LogP contribution is -2.24. The number of rotatable bonds is 10. The zero-order valence-corrected chi connectivity index (χ0v) is 14.7. The number of phenols is 1. The minimum atomic E-state index is -1.00. The van der Waals surface area contributed by atoms with Crippen molar-refractivity contribution in [3.63, 3.8) is 0 Å². The zero-order chi connectivity index (χ0) is 17.4. The topological polar surface area (TPSA) is 66.8 Å². The van der Waals surface area contributed by atoms with Crippen LogP contribution in [0.25, 0.3) is 0 Å². The molecule has 0 spiro atoms. The summed E-state index contributed by atoms with van der Waals surface area (Å²) in [5.74, 6) is 1.27. The van der Waals surface area contributed by atoms with Crippen molar-refractivity contribution in [2.75, 3.05) is 7.11 Å². The lowest BCUT2D eigenvalue weighted by atomic mass is 9.93. The number of ketones is 1. The second kappa shape index (κ2) is 9.56. The van der Waals surface area contributed by atoms with E-state index >= 15 is 0 Å². The number of ether oxygens (including phenoxy) is 1. The molecule has 0 aromatic heterocycles. The van der Waals surface area contributed by atoms with Gasteiger partial charge in [-0.1, -0.05) is 46.1 Å². The van der Waals surface area contributed by atoms with Crippen molar-refractivity contribution in [2.45, 2.75) is 59.0 Å². The van der Waals surface area contributed by atoms with Gasteiger partial charge in [0.05, 0.1) is 7.11 Å². The maximum absolute atomic E-state index is 12.1. The van der Waals surface area contributed by atoms with Gasteiger partial charge in [0.15, 0.2) is 17.3 Å². The molecule has 0 radical (unpaired) electrons. The number of methoxy groups -OCH3 is 1. The molecule has 0 amide bonds. The third kappa shape index (κ3) is 7.04. The summed E-state index contributed by atoms with van der Waals surface area (Å²) in [4.78, 5) is 12.1. The average molecular weight is 322 g/mol. The number of benzene rings is 1. The number of carbonyl (C=O) groups is 1. The summed E-state index contributed by atoms with van der Waals surface area (Å²) in [7, 11) is 1.47. The van der Waals surface area contributed by atoms with Crippen LogP contribution in [0.4, 0.5) is 0 Å². The van der Waals surface area contributed by atoms with Gasteiger partial charge in [-0.05, 0) is 29.5 Å². The molecule has 2 N–H and O–H groups in total. The first-order valence-electron chi connectivity index (χ1n) is 8.40. The Kier molecular flexibility index (Phi) is 8.10. The van der Waals surface area contributed by atoms with Crippen LogP contribution < -0.4 is 4.74 Å². The van der Waals surface area contributed by atoms with E-state index in [1.165, 1.54) is 19.6 Å². The van der Waals surface area contributed by atoms with Crippen LogP contribution in [0, 0.1) is 11.8 Å². The van der Waals surface area contributed by atoms with E-state index in [2.05, 4.69) is 20.8 Å². The molecule has 1 rings (SSSR count). The van der Waals surface area contributed by atoms with Gasteiger partial charge in [0, 0.05) is 12.8 Å². The fourth-order valence-electron chi connectivity index (χ4n) is 2.64. The Labute approximate surface area is 139 Å². The molecule has 0 aliphatic heterocycles. The van der Waals surface area contributed by atoms with Crippen LogP contribution in [0.5, 0.6) is 11.5 Å². The minimum Gasteiger partial charge on any atom is -0.504 e. The number of phenolic OH excluding ortho intramolecular Hbond substituents is 1. The fourth-order valence-corrected chi connectivity index (χ4v) is 2.64. The molecular formula is C19H30O4. The summed E-state index contributed by atoms with van der Waals surface area (Å²) >= 11 is 0. The molecular weight excluding hydrogens is 292 g/mol. The second-order valence-corrected chi connectivity index (χ2v) is 6.83. The third-order valence-corrected chi connectivity index (χ3v) is 4.07. The van der Waals surface area contributed by atoms with E-state index in [1.807, 2.05) is 0 Å². The van der Waals surface area contributed by atoms with Crippen molar-refractivity contribution < 1.29 is 19.7 Å². The first-order valence-corrected chi connectivity index (χ1v) is 8.40. The van der Waals surface area contributed by atoms with E-state index in [9.17, 15) is 15.0 Å². The number of Topliss-reactive ketones (excluding diaryl/α,β-unsaturated/α-hetero) is 1. The van der Waals surface area contributed by atoms with E-state index in [1.54, 1.807) is 12.1 Å². The van der Waals surface area contributed by atoms with E-state index in [4.69, 9.17) is 4.74 Å². The van der Waals surface area contributed by atoms with Gasteiger partial charge < -0.3 is 14.9 Å². The molecule has 0 aliphatic rings. The van der Waals surface area contributed by atoms with E-state index in [0.29, 0.717) is 24.0 Å². The number of aromatic hydroxyl groups is 1. The Morgan fingerprint density at radius 1 is 1.22 bits per heavy atom. The SMILES string of the molecule is COc1cc(CC(O)C(=O)CC(C)CCCC(C)C)ccc1O. The standard InChI is InChI=1S/C19H30O4/c1-13(2)6-5-7-14(3)10-17(21)18(22)11-15-8-9-16(20)19(12-15)23-4/h8-9,12-14,18,20,22H,5-7,10-11H2,1-4H3. The highest BCUT2D eigenvalue weighted by Gasteiger charge is 2.19. The first kappa shape index (κ1) is 19.5. The number of aliphatic hydroxyl groups is 1. The van der Waals surface area contributed by atoms with Crippen molar-refractivity contribution in [1.82, 2.24) is 0 Å². The predicted octanol–water partition coefficient (Wildman–Crippen LogP) is 3.73. The molecule has 1 aromatic rings. The molecule has 0 aliphatic carbocycles. The summed E-state index contributed by atoms with van der Waals surface area (Å²) in [6, 6.07) is 4.86. The maximum Gasteiger partial charge on any atom is 0.161 e. The van der Waals surface area contributed by atoms with Crippen LogP contribution in [0.3, 0.4) is 0 Å². The van der Waals surface area contributed by atoms with Crippen molar-refractivity contribution in [3.05, 3.63) is 23.8 Å². The highest BCUT2D eigenvalue weighted by Crippen LogP contribution is 2.27. The zero-order valence-electron chi connectivity index (χ0n) is 14.7. The molecule has 23 heavy (non-hydrogen) atoms. The van der Waals surface area contributed by atoms with Crippen LogP contribution in [0.2, 0.25) is 0 Å². The summed E-state index contributed by atoms with van der Waals surface area (Å²) < 4.78 is 5.04. The number of aliphatic hydroxyl groups excluding tert-OH is 1. The Balaban J connectivity index is 2.47. The van der Waals surface area contributed by atoms with Gasteiger partial charge >= 0.3 is 0 Å². The molecule has 2 atom stereocenters. The quantitative estimate of drug-likeness (QED) is 0.689. The molecule has 4 nitrogen and oxygen atoms in total. The summed E-state index contributed by atoms with van der Waals surface area (Å²) in [5.41, 5.74) is 0.771. The molecule has 0 fully saturated rings. The van der Waals surface area contributed by atoms with Crippen LogP contribution in [0.1, 0.15) is 52.0 Å². The number of hydrogen-bond donors (Lipinski definition) is 2. The minimum absolute atomic E-state index is 0.0517. The van der Waals surface area contributed by atoms with Gasteiger partial charge in [-0.2, -0.15) is 0 Å². The van der Waals surface area contributed by atoms with E-state index in [0.717, 1.165) is 18.4 Å². The molecule has 130 valence electrons. The van der Waals surface area contributed by atoms with Gasteiger partial charge in [-0.15, -0.1) is 0 Å². The van der Waals surface area contributed by atoms with Gasteiger partial charge in [-0.3, -0.25) is 4.79 Å². The number of hydrogen-bond acceptors (Lipinski definition) is 4. The number of carbonyl (C=O) groups excluding carboxylic acids is 1. The van der Waals surface area contributed by atoms with E-state index < -0.39 is 6.10 Å². The highest BCUT2D eigenvalue weighted by molar-refractivity contribution is 5.83. The molecule has 0 heterocycles. The Bertz CT molecular complexity index is 496. The van der Waals surface area contributed by atoms with Gasteiger partial charge in [0.1, 0.15) is 6.10 Å². The lowest BCUT2D eigenvalue weighted by Gasteiger charge is -2.15. The van der Waals surface area contributed by atoms with Crippen molar-refractivity contribution >= 4 is 5.78 Å². The molecule has 2 unspecified atom stereocenters. The van der Waals surface area contributed by atoms with Crippen LogP contribution >= 0.6 is 0 Å². The maximum atomic E-state index is 12.1. The summed E-state index contributed by atoms with van der Waals surface area (Å²) in [5, 5.41) is 19.7. The largest absolute Gasteiger partial charge is 0.504 e. The Hall–Kier alpha value is -1.55. The van der Waals surface area contributed by atoms with Gasteiger partial charge in [0.2, 0.25) is 0 Å². The van der Waals surface area contributed by atoms with Crippen molar-refractivity contribution in [2.24, 2.45) is 11.8 Å². The molecule has 0 saturated heterocycles. The normalized spacial score (nSPS) is 13.8. The second-order valence-electron chi connectivity index (χ2n) is 6.83. The van der Waals surface area contributed by atoms with Crippen LogP contribution in [-0.2, 0) is 11.2 Å². The Morgan fingerprint density at radius 3 is 2.52 bits per heavy atom. The first-order chi connectivity index (χ1) is 10.8.